The lowest BCUT2D eigenvalue weighted by Gasteiger charge is -2.09. The molecule has 0 unspecified atom stereocenters. The summed E-state index contributed by atoms with van der Waals surface area (Å²) in [6, 6.07) is 15.6. The van der Waals surface area contributed by atoms with Gasteiger partial charge in [-0.15, -0.1) is 11.8 Å². The third-order valence-electron chi connectivity index (χ3n) is 3.98. The molecule has 2 amide bonds. The minimum atomic E-state index is -0.0391. The van der Waals surface area contributed by atoms with Crippen LogP contribution in [0.15, 0.2) is 48.5 Å². The van der Waals surface area contributed by atoms with Gasteiger partial charge in [0.15, 0.2) is 0 Å². The van der Waals surface area contributed by atoms with Crippen molar-refractivity contribution in [3.05, 3.63) is 59.7 Å². The first-order valence-electron chi connectivity index (χ1n) is 8.44. The quantitative estimate of drug-likeness (QED) is 0.783. The molecule has 0 saturated heterocycles. The number of thioether (sulfide) groups is 1. The Hall–Kier alpha value is -2.27. The number of anilines is 2. The molecule has 4 nitrogen and oxygen atoms in total. The highest BCUT2D eigenvalue weighted by atomic mass is 32.2. The SMILES string of the molecule is Cc1ccc(CSCC(=O)Nc2cccc(NC(=O)C3CC3)c2)cc1. The van der Waals surface area contributed by atoms with Gasteiger partial charge in [0.2, 0.25) is 11.8 Å². The number of carbonyl (C=O) groups is 2. The Morgan fingerprint density at radius 2 is 1.72 bits per heavy atom. The second-order valence-corrected chi connectivity index (χ2v) is 7.36. The molecule has 130 valence electrons. The van der Waals surface area contributed by atoms with Crippen LogP contribution in [0.5, 0.6) is 0 Å². The van der Waals surface area contributed by atoms with E-state index in [0.29, 0.717) is 11.4 Å². The molecule has 0 bridgehead atoms. The van der Waals surface area contributed by atoms with Crippen molar-refractivity contribution in [3.63, 3.8) is 0 Å². The summed E-state index contributed by atoms with van der Waals surface area (Å²) in [5.74, 6) is 1.40. The van der Waals surface area contributed by atoms with E-state index < -0.39 is 0 Å². The number of amides is 2. The number of rotatable bonds is 7. The largest absolute Gasteiger partial charge is 0.326 e. The van der Waals surface area contributed by atoms with Crippen molar-refractivity contribution in [1.82, 2.24) is 0 Å². The van der Waals surface area contributed by atoms with E-state index in [0.717, 1.165) is 24.3 Å². The summed E-state index contributed by atoms with van der Waals surface area (Å²) in [6.07, 6.45) is 1.95. The molecule has 1 fully saturated rings. The van der Waals surface area contributed by atoms with Gasteiger partial charge >= 0.3 is 0 Å². The maximum Gasteiger partial charge on any atom is 0.234 e. The van der Waals surface area contributed by atoms with Crippen LogP contribution in [0.4, 0.5) is 11.4 Å². The number of hydrogen-bond acceptors (Lipinski definition) is 3. The van der Waals surface area contributed by atoms with Gasteiger partial charge in [0, 0.05) is 23.0 Å². The monoisotopic (exact) mass is 354 g/mol. The third kappa shape index (κ3) is 5.64. The van der Waals surface area contributed by atoms with E-state index in [1.165, 1.54) is 11.1 Å². The van der Waals surface area contributed by atoms with Crippen LogP contribution in [0.2, 0.25) is 0 Å². The molecule has 1 aliphatic rings. The highest BCUT2D eigenvalue weighted by Gasteiger charge is 2.29. The Morgan fingerprint density at radius 1 is 1.04 bits per heavy atom. The maximum absolute atomic E-state index is 12.1. The van der Waals surface area contributed by atoms with Crippen LogP contribution >= 0.6 is 11.8 Å². The van der Waals surface area contributed by atoms with Crippen molar-refractivity contribution in [1.29, 1.82) is 0 Å². The van der Waals surface area contributed by atoms with E-state index in [1.54, 1.807) is 17.8 Å². The lowest BCUT2D eigenvalue weighted by Crippen LogP contribution is -2.15. The molecule has 2 aromatic carbocycles. The van der Waals surface area contributed by atoms with Crippen molar-refractivity contribution in [2.24, 2.45) is 5.92 Å². The standard InChI is InChI=1S/C20H22N2O2S/c1-14-5-7-15(8-6-14)12-25-13-19(23)21-17-3-2-4-18(11-17)22-20(24)16-9-10-16/h2-8,11,16H,9-10,12-13H2,1H3,(H,21,23)(H,22,24). The van der Waals surface area contributed by atoms with Crippen molar-refractivity contribution >= 4 is 35.0 Å². The summed E-state index contributed by atoms with van der Waals surface area (Å²) in [6.45, 7) is 2.06. The Kier molecular flexibility index (Phi) is 5.76. The average molecular weight is 354 g/mol. The third-order valence-corrected chi connectivity index (χ3v) is 4.99. The van der Waals surface area contributed by atoms with E-state index in [1.807, 2.05) is 18.2 Å². The van der Waals surface area contributed by atoms with Gasteiger partial charge in [0.05, 0.1) is 5.75 Å². The molecule has 3 rings (SSSR count). The zero-order chi connectivity index (χ0) is 17.6. The van der Waals surface area contributed by atoms with Gasteiger partial charge in [-0.3, -0.25) is 9.59 Å². The van der Waals surface area contributed by atoms with Crippen molar-refractivity contribution < 1.29 is 9.59 Å². The molecule has 2 aromatic rings. The summed E-state index contributed by atoms with van der Waals surface area (Å²) in [5.41, 5.74) is 3.88. The fourth-order valence-electron chi connectivity index (χ4n) is 2.41. The van der Waals surface area contributed by atoms with Gasteiger partial charge in [0.1, 0.15) is 0 Å². The molecule has 0 aliphatic heterocycles. The first kappa shape index (κ1) is 17.5. The lowest BCUT2D eigenvalue weighted by molar-refractivity contribution is -0.117. The average Bonchev–Trinajstić information content (AvgIpc) is 3.42. The lowest BCUT2D eigenvalue weighted by atomic mass is 10.2. The number of hydrogen-bond donors (Lipinski definition) is 2. The second-order valence-electron chi connectivity index (χ2n) is 6.37. The number of nitrogens with one attached hydrogen (secondary N) is 2. The first-order chi connectivity index (χ1) is 12.1. The zero-order valence-electron chi connectivity index (χ0n) is 14.2. The van der Waals surface area contributed by atoms with Gasteiger partial charge in [0.25, 0.3) is 0 Å². The molecule has 0 heterocycles. The summed E-state index contributed by atoms with van der Waals surface area (Å²) < 4.78 is 0. The molecule has 0 spiro atoms. The fraction of sp³-hybridized carbons (Fsp3) is 0.300. The van der Waals surface area contributed by atoms with Crippen molar-refractivity contribution in [2.75, 3.05) is 16.4 Å². The van der Waals surface area contributed by atoms with Crippen LogP contribution < -0.4 is 10.6 Å². The smallest absolute Gasteiger partial charge is 0.234 e. The molecular weight excluding hydrogens is 332 g/mol. The molecule has 0 radical (unpaired) electrons. The summed E-state index contributed by atoms with van der Waals surface area (Å²) in [4.78, 5) is 23.9. The topological polar surface area (TPSA) is 58.2 Å². The van der Waals surface area contributed by atoms with Crippen LogP contribution in [0.25, 0.3) is 0 Å². The first-order valence-corrected chi connectivity index (χ1v) is 9.60. The van der Waals surface area contributed by atoms with Crippen molar-refractivity contribution in [2.45, 2.75) is 25.5 Å². The van der Waals surface area contributed by atoms with Gasteiger partial charge < -0.3 is 10.6 Å². The summed E-state index contributed by atoms with van der Waals surface area (Å²) in [5, 5.41) is 5.78. The molecule has 1 aliphatic carbocycles. The van der Waals surface area contributed by atoms with Crippen LogP contribution in [-0.4, -0.2) is 17.6 Å². The van der Waals surface area contributed by atoms with Crippen LogP contribution in [0, 0.1) is 12.8 Å². The Bertz CT molecular complexity index is 755. The van der Waals surface area contributed by atoms with E-state index in [9.17, 15) is 9.59 Å². The summed E-state index contributed by atoms with van der Waals surface area (Å²) >= 11 is 1.58. The van der Waals surface area contributed by atoms with Crippen LogP contribution in [0.1, 0.15) is 24.0 Å². The predicted molar refractivity (Wildman–Crippen MR) is 104 cm³/mol. The molecule has 0 aromatic heterocycles. The van der Waals surface area contributed by atoms with Gasteiger partial charge in [-0.25, -0.2) is 0 Å². The Labute approximate surface area is 152 Å². The van der Waals surface area contributed by atoms with Gasteiger partial charge in [-0.2, -0.15) is 0 Å². The predicted octanol–water partition coefficient (Wildman–Crippen LogP) is 4.22. The van der Waals surface area contributed by atoms with E-state index >= 15 is 0 Å². The van der Waals surface area contributed by atoms with Crippen LogP contribution in [0.3, 0.4) is 0 Å². The van der Waals surface area contributed by atoms with E-state index in [4.69, 9.17) is 0 Å². The van der Waals surface area contributed by atoms with E-state index in [2.05, 4.69) is 41.8 Å². The maximum atomic E-state index is 12.1. The zero-order valence-corrected chi connectivity index (χ0v) is 15.1. The normalized spacial score (nSPS) is 13.3. The molecule has 1 saturated carbocycles. The van der Waals surface area contributed by atoms with Crippen molar-refractivity contribution in [3.8, 4) is 0 Å². The number of aryl methyl sites for hydroxylation is 1. The molecule has 25 heavy (non-hydrogen) atoms. The van der Waals surface area contributed by atoms with Crippen LogP contribution in [-0.2, 0) is 15.3 Å². The molecule has 2 N–H and O–H groups in total. The number of carbonyl (C=O) groups excluding carboxylic acids is 2. The van der Waals surface area contributed by atoms with E-state index in [-0.39, 0.29) is 17.7 Å². The second kappa shape index (κ2) is 8.21. The minimum Gasteiger partial charge on any atom is -0.326 e. The molecule has 5 heteroatoms. The van der Waals surface area contributed by atoms with Gasteiger partial charge in [-0.05, 0) is 43.5 Å². The molecule has 0 atom stereocenters. The molecular formula is C20H22N2O2S. The Morgan fingerprint density at radius 3 is 2.40 bits per heavy atom. The van der Waals surface area contributed by atoms with Gasteiger partial charge in [-0.1, -0.05) is 35.9 Å². The fourth-order valence-corrected chi connectivity index (χ4v) is 3.20. The highest BCUT2D eigenvalue weighted by molar-refractivity contribution is 7.99. The number of benzene rings is 2. The minimum absolute atomic E-state index is 0.0391. The Balaban J connectivity index is 1.45. The highest BCUT2D eigenvalue weighted by Crippen LogP contribution is 2.30. The summed E-state index contributed by atoms with van der Waals surface area (Å²) in [7, 11) is 0.